The Morgan fingerprint density at radius 3 is 2.62 bits per heavy atom. The first-order chi connectivity index (χ1) is 19.1. The highest BCUT2D eigenvalue weighted by atomic mass is 19.1. The van der Waals surface area contributed by atoms with Gasteiger partial charge in [0.25, 0.3) is 0 Å². The zero-order chi connectivity index (χ0) is 26.3. The summed E-state index contributed by atoms with van der Waals surface area (Å²) in [7, 11) is 1.53. The number of aromatic nitrogens is 5. The maximum absolute atomic E-state index is 14.3. The van der Waals surface area contributed by atoms with Gasteiger partial charge in [-0.05, 0) is 79.5 Å². The molecule has 0 unspecified atom stereocenters. The van der Waals surface area contributed by atoms with Crippen LogP contribution in [0, 0.1) is 5.82 Å². The van der Waals surface area contributed by atoms with Gasteiger partial charge in [-0.3, -0.25) is 20.0 Å². The van der Waals surface area contributed by atoms with Gasteiger partial charge in [-0.25, -0.2) is 4.39 Å². The van der Waals surface area contributed by atoms with Crippen LogP contribution in [0.1, 0.15) is 18.4 Å². The van der Waals surface area contributed by atoms with Gasteiger partial charge in [0, 0.05) is 58.6 Å². The molecule has 0 spiro atoms. The predicted octanol–water partition coefficient (Wildman–Crippen LogP) is 6.58. The van der Waals surface area contributed by atoms with Gasteiger partial charge in [-0.2, -0.15) is 5.10 Å². The maximum atomic E-state index is 14.3. The molecular formula is C31H27FN6O. The zero-order valence-electron chi connectivity index (χ0n) is 21.5. The Kier molecular flexibility index (Phi) is 5.82. The average molecular weight is 519 g/mol. The minimum absolute atomic E-state index is 0.372. The molecule has 0 atom stereocenters. The first-order valence-corrected chi connectivity index (χ1v) is 13.1. The molecule has 0 saturated carbocycles. The fourth-order valence-electron chi connectivity index (χ4n) is 5.56. The molecular weight excluding hydrogens is 491 g/mol. The molecule has 8 heteroatoms. The molecule has 4 aromatic heterocycles. The Hall–Kier alpha value is -4.56. The van der Waals surface area contributed by atoms with Crippen LogP contribution in [-0.4, -0.2) is 50.2 Å². The van der Waals surface area contributed by atoms with Crippen molar-refractivity contribution in [3.05, 3.63) is 84.6 Å². The number of aromatic amines is 2. The molecule has 194 valence electrons. The summed E-state index contributed by atoms with van der Waals surface area (Å²) >= 11 is 0. The van der Waals surface area contributed by atoms with E-state index >= 15 is 0 Å². The van der Waals surface area contributed by atoms with Crippen LogP contribution in [0.3, 0.4) is 0 Å². The van der Waals surface area contributed by atoms with Gasteiger partial charge >= 0.3 is 0 Å². The molecule has 7 rings (SSSR count). The van der Waals surface area contributed by atoms with Gasteiger partial charge in [-0.1, -0.05) is 6.07 Å². The number of hydrogen-bond donors (Lipinski definition) is 2. The van der Waals surface area contributed by atoms with E-state index in [9.17, 15) is 4.39 Å². The smallest absolute Gasteiger partial charge is 0.127 e. The Morgan fingerprint density at radius 2 is 1.74 bits per heavy atom. The van der Waals surface area contributed by atoms with Gasteiger partial charge in [0.05, 0.1) is 24.0 Å². The molecule has 2 N–H and O–H groups in total. The number of nitrogens with one attached hydrogen (secondary N) is 2. The van der Waals surface area contributed by atoms with Crippen molar-refractivity contribution in [2.24, 2.45) is 0 Å². The minimum atomic E-state index is -0.372. The largest absolute Gasteiger partial charge is 0.497 e. The van der Waals surface area contributed by atoms with E-state index in [1.54, 1.807) is 12.3 Å². The third-order valence-corrected chi connectivity index (χ3v) is 7.48. The molecule has 0 radical (unpaired) electrons. The third-order valence-electron chi connectivity index (χ3n) is 7.48. The topological polar surface area (TPSA) is 82.7 Å². The first kappa shape index (κ1) is 23.5. The van der Waals surface area contributed by atoms with Gasteiger partial charge < -0.3 is 9.72 Å². The number of hydrogen-bond acceptors (Lipinski definition) is 5. The summed E-state index contributed by atoms with van der Waals surface area (Å²) in [6.45, 7) is 3.24. The maximum Gasteiger partial charge on any atom is 0.127 e. The number of benzene rings is 2. The number of ether oxygens (including phenoxy) is 1. The summed E-state index contributed by atoms with van der Waals surface area (Å²) < 4.78 is 19.5. The van der Waals surface area contributed by atoms with Crippen molar-refractivity contribution in [1.29, 1.82) is 0 Å². The molecule has 39 heavy (non-hydrogen) atoms. The highest BCUT2D eigenvalue weighted by molar-refractivity contribution is 6.00. The Bertz CT molecular complexity index is 1820. The molecule has 0 bridgehead atoms. The van der Waals surface area contributed by atoms with E-state index in [1.165, 1.54) is 37.6 Å². The third kappa shape index (κ3) is 4.42. The molecule has 6 aromatic rings. The summed E-state index contributed by atoms with van der Waals surface area (Å²) in [5.41, 5.74) is 8.24. The number of likely N-dealkylation sites (tertiary alicyclic amines) is 1. The molecule has 5 heterocycles. The van der Waals surface area contributed by atoms with Gasteiger partial charge in [0.2, 0.25) is 0 Å². The van der Waals surface area contributed by atoms with Crippen molar-refractivity contribution in [2.45, 2.75) is 19.4 Å². The van der Waals surface area contributed by atoms with Gasteiger partial charge in [0.15, 0.2) is 0 Å². The fraction of sp³-hybridized carbons (Fsp3) is 0.194. The summed E-state index contributed by atoms with van der Waals surface area (Å²) in [6, 6.07) is 17.1. The van der Waals surface area contributed by atoms with Crippen LogP contribution in [0.25, 0.3) is 55.6 Å². The number of fused-ring (bicyclic) bond motifs is 2. The van der Waals surface area contributed by atoms with Crippen molar-refractivity contribution in [3.8, 4) is 39.5 Å². The van der Waals surface area contributed by atoms with E-state index in [1.807, 2.05) is 24.5 Å². The average Bonchev–Trinajstić information content (AvgIpc) is 3.72. The summed E-state index contributed by atoms with van der Waals surface area (Å²) in [4.78, 5) is 15.1. The predicted molar refractivity (Wildman–Crippen MR) is 151 cm³/mol. The standard InChI is InChI=1S/C31H27FN6O/c1-39-24-12-21(11-23(32)14-24)30-26-15-29(35-27(26)6-7-34-30)31-25-13-20(4-5-28(25)36-37-31)22-10-19(16-33-17-22)18-38-8-2-3-9-38/h4-7,10-17,35H,2-3,8-9,18H2,1H3,(H,36,37). The molecule has 7 nitrogen and oxygen atoms in total. The second-order valence-electron chi connectivity index (χ2n) is 10.1. The van der Waals surface area contributed by atoms with Crippen molar-refractivity contribution in [1.82, 2.24) is 30.0 Å². The van der Waals surface area contributed by atoms with Crippen molar-refractivity contribution in [3.63, 3.8) is 0 Å². The number of rotatable bonds is 6. The number of H-pyrrole nitrogens is 2. The molecule has 1 aliphatic heterocycles. The summed E-state index contributed by atoms with van der Waals surface area (Å²) in [6.07, 6.45) is 8.15. The second kappa shape index (κ2) is 9.63. The van der Waals surface area contributed by atoms with Gasteiger partial charge in [-0.15, -0.1) is 0 Å². The molecule has 0 amide bonds. The van der Waals surface area contributed by atoms with E-state index in [-0.39, 0.29) is 5.82 Å². The molecule has 1 fully saturated rings. The number of methoxy groups -OCH3 is 1. The molecule has 0 aliphatic carbocycles. The van der Waals surface area contributed by atoms with Crippen molar-refractivity contribution >= 4 is 21.8 Å². The zero-order valence-corrected chi connectivity index (χ0v) is 21.5. The molecule has 1 aliphatic rings. The van der Waals surface area contributed by atoms with E-state index in [4.69, 9.17) is 4.74 Å². The number of halogens is 1. The SMILES string of the molecule is COc1cc(F)cc(-c2nccc3[nH]c(-c4n[nH]c5ccc(-c6cncc(CN7CCCC7)c6)cc45)cc23)c1. The van der Waals surface area contributed by atoms with Crippen LogP contribution in [0.2, 0.25) is 0 Å². The summed E-state index contributed by atoms with van der Waals surface area (Å²) in [5, 5.41) is 9.70. The van der Waals surface area contributed by atoms with Crippen LogP contribution in [0.4, 0.5) is 4.39 Å². The van der Waals surface area contributed by atoms with Crippen LogP contribution in [0.15, 0.2) is 73.2 Å². The second-order valence-corrected chi connectivity index (χ2v) is 10.1. The lowest BCUT2D eigenvalue weighted by atomic mass is 10.0. The summed E-state index contributed by atoms with van der Waals surface area (Å²) in [5.74, 6) is 0.0769. The molecule has 2 aromatic carbocycles. The highest BCUT2D eigenvalue weighted by Crippen LogP contribution is 2.35. The van der Waals surface area contributed by atoms with Crippen LogP contribution >= 0.6 is 0 Å². The normalized spacial score (nSPS) is 14.0. The van der Waals surface area contributed by atoms with E-state index in [0.29, 0.717) is 17.0 Å². The quantitative estimate of drug-likeness (QED) is 0.260. The van der Waals surface area contributed by atoms with E-state index in [0.717, 1.165) is 64.0 Å². The van der Waals surface area contributed by atoms with Gasteiger partial charge in [0.1, 0.15) is 17.3 Å². The van der Waals surface area contributed by atoms with Crippen LogP contribution < -0.4 is 4.74 Å². The lowest BCUT2D eigenvalue weighted by molar-refractivity contribution is 0.331. The van der Waals surface area contributed by atoms with E-state index in [2.05, 4.69) is 54.3 Å². The van der Waals surface area contributed by atoms with E-state index < -0.39 is 0 Å². The van der Waals surface area contributed by atoms with Crippen molar-refractivity contribution in [2.75, 3.05) is 20.2 Å². The Morgan fingerprint density at radius 1 is 0.872 bits per heavy atom. The van der Waals surface area contributed by atoms with Crippen molar-refractivity contribution < 1.29 is 9.13 Å². The van der Waals surface area contributed by atoms with Crippen LogP contribution in [-0.2, 0) is 6.54 Å². The highest BCUT2D eigenvalue weighted by Gasteiger charge is 2.17. The number of pyridine rings is 2. The first-order valence-electron chi connectivity index (χ1n) is 13.1. The minimum Gasteiger partial charge on any atom is -0.497 e. The fourth-order valence-corrected chi connectivity index (χ4v) is 5.56. The lowest BCUT2D eigenvalue weighted by Gasteiger charge is -2.14. The lowest BCUT2D eigenvalue weighted by Crippen LogP contribution is -2.18. The monoisotopic (exact) mass is 518 g/mol. The number of nitrogens with zero attached hydrogens (tertiary/aromatic N) is 4. The molecule has 1 saturated heterocycles. The Labute approximate surface area is 224 Å². The van der Waals surface area contributed by atoms with Crippen LogP contribution in [0.5, 0.6) is 5.75 Å². The Balaban J connectivity index is 1.28.